The number of hydrogen-bond donors (Lipinski definition) is 1. The van der Waals surface area contributed by atoms with Crippen molar-refractivity contribution in [2.45, 2.75) is 39.8 Å². The predicted octanol–water partition coefficient (Wildman–Crippen LogP) is 0.940. The summed E-state index contributed by atoms with van der Waals surface area (Å²) in [6, 6.07) is 3.73. The average molecular weight is 209 g/mol. The summed E-state index contributed by atoms with van der Waals surface area (Å²) < 4.78 is 1.53. The number of aryl methyl sites for hydroxylation is 2. The van der Waals surface area contributed by atoms with Crippen molar-refractivity contribution in [1.29, 1.82) is 0 Å². The van der Waals surface area contributed by atoms with Gasteiger partial charge in [0.1, 0.15) is 0 Å². The maximum absolute atomic E-state index is 11.4. The molecule has 0 aliphatic heterocycles. The normalized spacial score (nSPS) is 12.7. The quantitative estimate of drug-likeness (QED) is 0.785. The third-order valence-electron chi connectivity index (χ3n) is 2.33. The predicted molar refractivity (Wildman–Crippen MR) is 61.0 cm³/mol. The zero-order valence-corrected chi connectivity index (χ0v) is 9.66. The lowest BCUT2D eigenvalue weighted by molar-refractivity contribution is 0.454. The van der Waals surface area contributed by atoms with E-state index in [2.05, 4.69) is 24.3 Å². The molecule has 1 rings (SSSR count). The molecule has 0 aliphatic rings. The zero-order chi connectivity index (χ0) is 11.3. The highest BCUT2D eigenvalue weighted by Crippen LogP contribution is 1.93. The van der Waals surface area contributed by atoms with E-state index in [1.54, 1.807) is 12.1 Å². The molecule has 15 heavy (non-hydrogen) atoms. The first-order valence-electron chi connectivity index (χ1n) is 5.41. The zero-order valence-electron chi connectivity index (χ0n) is 9.66. The van der Waals surface area contributed by atoms with E-state index in [-0.39, 0.29) is 5.56 Å². The maximum Gasteiger partial charge on any atom is 0.266 e. The van der Waals surface area contributed by atoms with Gasteiger partial charge in [-0.15, -0.1) is 0 Å². The molecule has 0 saturated heterocycles. The topological polar surface area (TPSA) is 46.9 Å². The highest BCUT2D eigenvalue weighted by Gasteiger charge is 2.02. The Hall–Kier alpha value is -1.16. The molecule has 4 nitrogen and oxygen atoms in total. The standard InChI is InChI=1S/C11H19N3O/c1-4-12-9(2)7-8-14-11(15)6-5-10(3)13-14/h5-6,9,12H,4,7-8H2,1-3H3. The molecule has 1 unspecified atom stereocenters. The summed E-state index contributed by atoms with van der Waals surface area (Å²) in [6.07, 6.45) is 0.921. The van der Waals surface area contributed by atoms with Gasteiger partial charge in [-0.1, -0.05) is 6.92 Å². The van der Waals surface area contributed by atoms with Crippen molar-refractivity contribution in [2.75, 3.05) is 6.54 Å². The second kappa shape index (κ2) is 5.66. The van der Waals surface area contributed by atoms with E-state index in [1.165, 1.54) is 4.68 Å². The SMILES string of the molecule is CCNC(C)CCn1nc(C)ccc1=O. The van der Waals surface area contributed by atoms with Gasteiger partial charge in [0, 0.05) is 18.7 Å². The third kappa shape index (κ3) is 3.83. The average Bonchev–Trinajstić information content (AvgIpc) is 2.20. The lowest BCUT2D eigenvalue weighted by atomic mass is 10.2. The van der Waals surface area contributed by atoms with Crippen molar-refractivity contribution < 1.29 is 0 Å². The molecule has 1 atom stereocenters. The van der Waals surface area contributed by atoms with Crippen LogP contribution in [0.2, 0.25) is 0 Å². The number of hydrogen-bond acceptors (Lipinski definition) is 3. The van der Waals surface area contributed by atoms with Crippen molar-refractivity contribution in [2.24, 2.45) is 0 Å². The van der Waals surface area contributed by atoms with Crippen molar-refractivity contribution in [3.05, 3.63) is 28.2 Å². The van der Waals surface area contributed by atoms with Crippen molar-refractivity contribution in [1.82, 2.24) is 15.1 Å². The highest BCUT2D eigenvalue weighted by molar-refractivity contribution is 4.96. The fourth-order valence-electron chi connectivity index (χ4n) is 1.48. The molecule has 0 bridgehead atoms. The van der Waals surface area contributed by atoms with E-state index >= 15 is 0 Å². The summed E-state index contributed by atoms with van der Waals surface area (Å²) in [5, 5.41) is 7.49. The van der Waals surface area contributed by atoms with Crippen LogP contribution < -0.4 is 10.9 Å². The second-order valence-corrected chi connectivity index (χ2v) is 3.78. The van der Waals surface area contributed by atoms with Gasteiger partial charge in [0.2, 0.25) is 0 Å². The van der Waals surface area contributed by atoms with Crippen LogP contribution in [0.15, 0.2) is 16.9 Å². The molecule has 0 aliphatic carbocycles. The van der Waals surface area contributed by atoms with Crippen LogP contribution in [0.3, 0.4) is 0 Å². The fraction of sp³-hybridized carbons (Fsp3) is 0.636. The van der Waals surface area contributed by atoms with Crippen LogP contribution in [0.4, 0.5) is 0 Å². The van der Waals surface area contributed by atoms with E-state index in [0.29, 0.717) is 12.6 Å². The minimum atomic E-state index is -0.0238. The van der Waals surface area contributed by atoms with Gasteiger partial charge < -0.3 is 5.32 Å². The molecule has 1 heterocycles. The van der Waals surface area contributed by atoms with Gasteiger partial charge in [-0.05, 0) is 32.9 Å². The molecule has 1 aromatic heterocycles. The maximum atomic E-state index is 11.4. The van der Waals surface area contributed by atoms with Crippen molar-refractivity contribution in [3.8, 4) is 0 Å². The van der Waals surface area contributed by atoms with Crippen LogP contribution in [0, 0.1) is 6.92 Å². The Morgan fingerprint density at radius 2 is 2.27 bits per heavy atom. The van der Waals surface area contributed by atoms with Gasteiger partial charge in [-0.25, -0.2) is 4.68 Å². The van der Waals surface area contributed by atoms with Gasteiger partial charge in [-0.2, -0.15) is 5.10 Å². The fourth-order valence-corrected chi connectivity index (χ4v) is 1.48. The molecular formula is C11H19N3O. The first-order valence-corrected chi connectivity index (χ1v) is 5.41. The summed E-state index contributed by atoms with van der Waals surface area (Å²) in [6.45, 7) is 7.72. The molecule has 0 amide bonds. The number of rotatable bonds is 5. The summed E-state index contributed by atoms with van der Waals surface area (Å²) in [4.78, 5) is 11.4. The van der Waals surface area contributed by atoms with Crippen molar-refractivity contribution in [3.63, 3.8) is 0 Å². The van der Waals surface area contributed by atoms with Gasteiger partial charge in [-0.3, -0.25) is 4.79 Å². The molecule has 0 radical (unpaired) electrons. The molecule has 0 fully saturated rings. The van der Waals surface area contributed by atoms with E-state index in [1.807, 2.05) is 6.92 Å². The van der Waals surface area contributed by atoms with Gasteiger partial charge >= 0.3 is 0 Å². The molecule has 0 aromatic carbocycles. The number of nitrogens with zero attached hydrogens (tertiary/aromatic N) is 2. The van der Waals surface area contributed by atoms with Crippen LogP contribution in [-0.2, 0) is 6.54 Å². The van der Waals surface area contributed by atoms with Crippen LogP contribution in [0.1, 0.15) is 26.0 Å². The first-order chi connectivity index (χ1) is 7.13. The van der Waals surface area contributed by atoms with Gasteiger partial charge in [0.05, 0.1) is 5.69 Å². The van der Waals surface area contributed by atoms with Crippen LogP contribution in [0.5, 0.6) is 0 Å². The molecular weight excluding hydrogens is 190 g/mol. The third-order valence-corrected chi connectivity index (χ3v) is 2.33. The van der Waals surface area contributed by atoms with Crippen molar-refractivity contribution >= 4 is 0 Å². The van der Waals surface area contributed by atoms with E-state index < -0.39 is 0 Å². The summed E-state index contributed by atoms with van der Waals surface area (Å²) in [5.41, 5.74) is 0.856. The molecule has 1 aromatic rings. The first kappa shape index (κ1) is 11.9. The smallest absolute Gasteiger partial charge is 0.266 e. The Balaban J connectivity index is 2.57. The van der Waals surface area contributed by atoms with Crippen LogP contribution >= 0.6 is 0 Å². The molecule has 0 spiro atoms. The van der Waals surface area contributed by atoms with Crippen LogP contribution in [-0.4, -0.2) is 22.4 Å². The lowest BCUT2D eigenvalue weighted by Gasteiger charge is -2.12. The molecule has 1 N–H and O–H groups in total. The van der Waals surface area contributed by atoms with Crippen LogP contribution in [0.25, 0.3) is 0 Å². The number of nitrogens with one attached hydrogen (secondary N) is 1. The molecule has 0 saturated carbocycles. The summed E-state index contributed by atoms with van der Waals surface area (Å²) in [5.74, 6) is 0. The molecule has 84 valence electrons. The molecule has 4 heteroatoms. The summed E-state index contributed by atoms with van der Waals surface area (Å²) >= 11 is 0. The lowest BCUT2D eigenvalue weighted by Crippen LogP contribution is -2.30. The second-order valence-electron chi connectivity index (χ2n) is 3.78. The number of aromatic nitrogens is 2. The monoisotopic (exact) mass is 209 g/mol. The van der Waals surface area contributed by atoms with E-state index in [4.69, 9.17) is 0 Å². The Morgan fingerprint density at radius 1 is 1.53 bits per heavy atom. The Morgan fingerprint density at radius 3 is 2.93 bits per heavy atom. The Labute approximate surface area is 90.3 Å². The minimum absolute atomic E-state index is 0.0238. The Kier molecular flexibility index (Phi) is 4.49. The van der Waals surface area contributed by atoms with E-state index in [0.717, 1.165) is 18.7 Å². The highest BCUT2D eigenvalue weighted by atomic mass is 16.1. The van der Waals surface area contributed by atoms with Gasteiger partial charge in [0.15, 0.2) is 0 Å². The van der Waals surface area contributed by atoms with E-state index in [9.17, 15) is 4.79 Å². The minimum Gasteiger partial charge on any atom is -0.314 e. The van der Waals surface area contributed by atoms with Gasteiger partial charge in [0.25, 0.3) is 5.56 Å². The Bertz CT molecular complexity index is 359. The summed E-state index contributed by atoms with van der Waals surface area (Å²) in [7, 11) is 0. The largest absolute Gasteiger partial charge is 0.314 e.